The molecule has 0 saturated carbocycles. The fraction of sp³-hybridized carbons (Fsp3) is 0.235. The second-order valence-electron chi connectivity index (χ2n) is 10.3. The molecule has 0 fully saturated rings. The van der Waals surface area contributed by atoms with Crippen molar-refractivity contribution in [3.05, 3.63) is 131 Å². The molecular formula is C34H35BrFN3O4S. The number of nitrogens with one attached hydrogen (secondary N) is 1. The molecule has 0 bridgehead atoms. The number of hydrogen-bond acceptors (Lipinski definition) is 4. The molecule has 4 aromatic rings. The van der Waals surface area contributed by atoms with Crippen LogP contribution in [0.2, 0.25) is 0 Å². The Kier molecular flexibility index (Phi) is 11.7. The molecule has 1 atom stereocenters. The largest absolute Gasteiger partial charge is 0.354 e. The maximum absolute atomic E-state index is 14.4. The average molecular weight is 681 g/mol. The number of carbonyl (C=O) groups excluding carboxylic acids is 2. The lowest BCUT2D eigenvalue weighted by molar-refractivity contribution is -0.140. The number of halogens is 2. The van der Waals surface area contributed by atoms with E-state index in [0.29, 0.717) is 17.8 Å². The summed E-state index contributed by atoms with van der Waals surface area (Å²) in [6.45, 7) is 1.86. The molecule has 4 rings (SSSR count). The van der Waals surface area contributed by atoms with Gasteiger partial charge in [0, 0.05) is 24.0 Å². The van der Waals surface area contributed by atoms with Crippen LogP contribution in [0.4, 0.5) is 10.1 Å². The van der Waals surface area contributed by atoms with Crippen LogP contribution in [-0.2, 0) is 32.6 Å². The van der Waals surface area contributed by atoms with E-state index in [1.807, 2.05) is 37.3 Å². The van der Waals surface area contributed by atoms with Crippen molar-refractivity contribution in [2.45, 2.75) is 43.7 Å². The SMILES string of the molecule is CCCCNC(=O)[C@H](Cc1ccccc1)N(Cc1ccc(F)cc1)C(=O)CN(c1ccc(Br)cc1)S(=O)(=O)c1ccccc1. The van der Waals surface area contributed by atoms with Crippen LogP contribution >= 0.6 is 15.9 Å². The van der Waals surface area contributed by atoms with Crippen LogP contribution in [-0.4, -0.2) is 44.3 Å². The lowest BCUT2D eigenvalue weighted by atomic mass is 10.0. The van der Waals surface area contributed by atoms with Gasteiger partial charge in [-0.05, 0) is 66.1 Å². The maximum atomic E-state index is 14.4. The van der Waals surface area contributed by atoms with Crippen molar-refractivity contribution in [3.8, 4) is 0 Å². The van der Waals surface area contributed by atoms with Gasteiger partial charge in [0.2, 0.25) is 11.8 Å². The van der Waals surface area contributed by atoms with Crippen LogP contribution < -0.4 is 9.62 Å². The zero-order valence-electron chi connectivity index (χ0n) is 24.4. The van der Waals surface area contributed by atoms with E-state index in [0.717, 1.165) is 27.2 Å². The molecule has 0 radical (unpaired) electrons. The predicted molar refractivity (Wildman–Crippen MR) is 174 cm³/mol. The first-order chi connectivity index (χ1) is 21.2. The number of benzene rings is 4. The number of nitrogens with zero attached hydrogens (tertiary/aromatic N) is 2. The summed E-state index contributed by atoms with van der Waals surface area (Å²) in [7, 11) is -4.18. The fourth-order valence-electron chi connectivity index (χ4n) is 4.70. The minimum atomic E-state index is -4.18. The van der Waals surface area contributed by atoms with E-state index in [-0.39, 0.29) is 23.8 Å². The highest BCUT2D eigenvalue weighted by Gasteiger charge is 2.34. The minimum Gasteiger partial charge on any atom is -0.354 e. The summed E-state index contributed by atoms with van der Waals surface area (Å²) < 4.78 is 43.5. The molecule has 230 valence electrons. The molecule has 10 heteroatoms. The predicted octanol–water partition coefficient (Wildman–Crippen LogP) is 6.34. The Morgan fingerprint density at radius 1 is 0.841 bits per heavy atom. The highest BCUT2D eigenvalue weighted by atomic mass is 79.9. The normalized spacial score (nSPS) is 11.9. The van der Waals surface area contributed by atoms with E-state index in [1.54, 1.807) is 54.6 Å². The van der Waals surface area contributed by atoms with Gasteiger partial charge in [-0.2, -0.15) is 0 Å². The van der Waals surface area contributed by atoms with Gasteiger partial charge < -0.3 is 10.2 Å². The van der Waals surface area contributed by atoms with Gasteiger partial charge >= 0.3 is 0 Å². The lowest BCUT2D eigenvalue weighted by Crippen LogP contribution is -2.53. The van der Waals surface area contributed by atoms with Crippen LogP contribution in [0.5, 0.6) is 0 Å². The quantitative estimate of drug-likeness (QED) is 0.158. The zero-order valence-corrected chi connectivity index (χ0v) is 26.8. The lowest BCUT2D eigenvalue weighted by Gasteiger charge is -2.34. The molecule has 0 aliphatic carbocycles. The van der Waals surface area contributed by atoms with Crippen molar-refractivity contribution in [1.29, 1.82) is 0 Å². The molecule has 0 aromatic heterocycles. The molecule has 4 aromatic carbocycles. The van der Waals surface area contributed by atoms with E-state index in [1.165, 1.54) is 29.2 Å². The van der Waals surface area contributed by atoms with E-state index < -0.39 is 34.3 Å². The fourth-order valence-corrected chi connectivity index (χ4v) is 6.40. The van der Waals surface area contributed by atoms with E-state index in [2.05, 4.69) is 21.2 Å². The van der Waals surface area contributed by atoms with Gasteiger partial charge in [-0.3, -0.25) is 13.9 Å². The second kappa shape index (κ2) is 15.6. The van der Waals surface area contributed by atoms with E-state index >= 15 is 0 Å². The average Bonchev–Trinajstić information content (AvgIpc) is 3.03. The highest BCUT2D eigenvalue weighted by Crippen LogP contribution is 2.26. The topological polar surface area (TPSA) is 86.8 Å². The molecular weight excluding hydrogens is 645 g/mol. The first kappa shape index (κ1) is 32.9. The van der Waals surface area contributed by atoms with Crippen LogP contribution in [0.15, 0.2) is 119 Å². The number of unbranched alkanes of at least 4 members (excludes halogenated alkanes) is 1. The van der Waals surface area contributed by atoms with E-state index in [4.69, 9.17) is 0 Å². The van der Waals surface area contributed by atoms with Crippen LogP contribution in [0.3, 0.4) is 0 Å². The maximum Gasteiger partial charge on any atom is 0.264 e. The molecule has 0 saturated heterocycles. The van der Waals surface area contributed by atoms with Gasteiger partial charge in [0.15, 0.2) is 0 Å². The van der Waals surface area contributed by atoms with Crippen molar-refractivity contribution in [1.82, 2.24) is 10.2 Å². The van der Waals surface area contributed by atoms with Crippen LogP contribution in [0.1, 0.15) is 30.9 Å². The first-order valence-corrected chi connectivity index (χ1v) is 16.6. The van der Waals surface area contributed by atoms with Crippen molar-refractivity contribution < 1.29 is 22.4 Å². The Morgan fingerprint density at radius 3 is 2.07 bits per heavy atom. The Hall–Kier alpha value is -4.02. The monoisotopic (exact) mass is 679 g/mol. The summed E-state index contributed by atoms with van der Waals surface area (Å²) in [5, 5.41) is 2.95. The summed E-state index contributed by atoms with van der Waals surface area (Å²) in [5.41, 5.74) is 1.72. The number of amides is 2. The Morgan fingerprint density at radius 2 is 1.45 bits per heavy atom. The molecule has 0 unspecified atom stereocenters. The summed E-state index contributed by atoms with van der Waals surface area (Å²) in [6, 6.07) is 28.6. The number of rotatable bonds is 14. The molecule has 1 N–H and O–H groups in total. The molecule has 2 amide bonds. The first-order valence-electron chi connectivity index (χ1n) is 14.4. The number of carbonyl (C=O) groups is 2. The number of sulfonamides is 1. The smallest absolute Gasteiger partial charge is 0.264 e. The number of anilines is 1. The van der Waals surface area contributed by atoms with Crippen molar-refractivity contribution in [3.63, 3.8) is 0 Å². The Bertz CT molecular complexity index is 1620. The van der Waals surface area contributed by atoms with Crippen molar-refractivity contribution >= 4 is 43.5 Å². The highest BCUT2D eigenvalue weighted by molar-refractivity contribution is 9.10. The Labute approximate surface area is 266 Å². The molecule has 0 aliphatic rings. The van der Waals surface area contributed by atoms with Crippen molar-refractivity contribution in [2.75, 3.05) is 17.4 Å². The molecule has 44 heavy (non-hydrogen) atoms. The van der Waals surface area contributed by atoms with Gasteiger partial charge in [-0.25, -0.2) is 12.8 Å². The zero-order chi connectivity index (χ0) is 31.5. The third-order valence-electron chi connectivity index (χ3n) is 7.09. The number of hydrogen-bond donors (Lipinski definition) is 1. The third kappa shape index (κ3) is 8.76. The third-order valence-corrected chi connectivity index (χ3v) is 9.41. The molecule has 0 spiro atoms. The molecule has 0 heterocycles. The second-order valence-corrected chi connectivity index (χ2v) is 13.1. The summed E-state index contributed by atoms with van der Waals surface area (Å²) in [6.07, 6.45) is 1.85. The summed E-state index contributed by atoms with van der Waals surface area (Å²) >= 11 is 3.38. The van der Waals surface area contributed by atoms with Crippen molar-refractivity contribution in [2.24, 2.45) is 0 Å². The molecule has 0 aliphatic heterocycles. The minimum absolute atomic E-state index is 0.0268. The van der Waals surface area contributed by atoms with Crippen LogP contribution in [0.25, 0.3) is 0 Å². The summed E-state index contributed by atoms with van der Waals surface area (Å²) in [4.78, 5) is 29.5. The van der Waals surface area contributed by atoms with E-state index in [9.17, 15) is 22.4 Å². The van der Waals surface area contributed by atoms with Gasteiger partial charge in [0.1, 0.15) is 18.4 Å². The van der Waals surface area contributed by atoms with Gasteiger partial charge in [0.25, 0.3) is 10.0 Å². The van der Waals surface area contributed by atoms with Crippen LogP contribution in [0, 0.1) is 5.82 Å². The standard InChI is InChI=1S/C34H35BrFN3O4S/c1-2-3-22-37-34(41)32(23-26-10-6-4-7-11-26)38(24-27-14-18-29(36)19-15-27)33(40)25-39(30-20-16-28(35)17-21-30)44(42,43)31-12-8-5-9-13-31/h4-21,32H,2-3,22-25H2,1H3,(H,37,41)/t32-/m0/s1. The Balaban J connectivity index is 1.77. The van der Waals surface area contributed by atoms with Gasteiger partial charge in [-0.15, -0.1) is 0 Å². The molecule has 7 nitrogen and oxygen atoms in total. The van der Waals surface area contributed by atoms with Gasteiger partial charge in [-0.1, -0.05) is 89.9 Å². The summed E-state index contributed by atoms with van der Waals surface area (Å²) in [5.74, 6) is -1.36. The van der Waals surface area contributed by atoms with Gasteiger partial charge in [0.05, 0.1) is 10.6 Å².